The first kappa shape index (κ1) is 45.6. The number of ketones is 1. The molecular weight excluding hydrogens is 706 g/mol. The summed E-state index contributed by atoms with van der Waals surface area (Å²) >= 11 is 0. The highest BCUT2D eigenvalue weighted by atomic mass is 16.7. The second kappa shape index (κ2) is 22.0. The van der Waals surface area contributed by atoms with Crippen LogP contribution in [0.5, 0.6) is 0 Å². The Hall–Kier alpha value is -2.83. The minimum absolute atomic E-state index is 0.0177. The number of rotatable bonds is 6. The molecule has 306 valence electrons. The number of hydrogen-bond donors (Lipinski definition) is 8. The Labute approximate surface area is 317 Å². The molecule has 0 aliphatic carbocycles. The third-order valence-electron chi connectivity index (χ3n) is 10.2. The van der Waals surface area contributed by atoms with Gasteiger partial charge in [-0.25, -0.2) is 0 Å². The third kappa shape index (κ3) is 13.7. The van der Waals surface area contributed by atoms with E-state index in [2.05, 4.69) is 0 Å². The van der Waals surface area contributed by atoms with Gasteiger partial charge >= 0.3 is 11.9 Å². The molecule has 0 radical (unpaired) electrons. The Balaban J connectivity index is 1.90. The van der Waals surface area contributed by atoms with Crippen molar-refractivity contribution >= 4 is 17.7 Å². The van der Waals surface area contributed by atoms with E-state index in [1.165, 1.54) is 0 Å². The Morgan fingerprint density at radius 3 is 2.33 bits per heavy atom. The number of hydrogen-bond acceptors (Lipinski definition) is 14. The number of esters is 1. The molecule has 2 fully saturated rings. The minimum Gasteiger partial charge on any atom is -0.481 e. The van der Waals surface area contributed by atoms with E-state index >= 15 is 0 Å². The molecule has 2 bridgehead atoms. The first-order valence-electron chi connectivity index (χ1n) is 19.1. The number of carboxylic acid groups (broad SMARTS) is 1. The number of aliphatic hydroxyl groups is 6. The largest absolute Gasteiger partial charge is 0.481 e. The molecule has 3 heterocycles. The van der Waals surface area contributed by atoms with Crippen LogP contribution in [0.3, 0.4) is 0 Å². The fourth-order valence-electron chi connectivity index (χ4n) is 7.15. The maximum Gasteiger partial charge on any atom is 0.311 e. The van der Waals surface area contributed by atoms with E-state index in [0.717, 1.165) is 6.42 Å². The Bertz CT molecular complexity index is 1320. The third-order valence-corrected chi connectivity index (χ3v) is 10.2. The van der Waals surface area contributed by atoms with Crippen LogP contribution < -0.4 is 5.73 Å². The summed E-state index contributed by atoms with van der Waals surface area (Å²) in [7, 11) is 0. The number of aliphatic hydroxyl groups excluding tert-OH is 5. The van der Waals surface area contributed by atoms with Crippen LogP contribution in [0.4, 0.5) is 0 Å². The molecule has 0 amide bonds. The van der Waals surface area contributed by atoms with E-state index < -0.39 is 110 Å². The lowest BCUT2D eigenvalue weighted by molar-refractivity contribution is -0.308. The molecule has 9 N–H and O–H groups in total. The van der Waals surface area contributed by atoms with Crippen molar-refractivity contribution in [2.45, 2.75) is 164 Å². The summed E-state index contributed by atoms with van der Waals surface area (Å²) in [5, 5.41) is 75.1. The molecule has 2 unspecified atom stereocenters. The molecule has 0 spiro atoms. The summed E-state index contributed by atoms with van der Waals surface area (Å²) < 4.78 is 23.4. The average molecular weight is 768 g/mol. The summed E-state index contributed by atoms with van der Waals surface area (Å²) in [6, 6.07) is -1.10. The second-order valence-electron chi connectivity index (χ2n) is 14.7. The van der Waals surface area contributed by atoms with Crippen LogP contribution in [-0.2, 0) is 33.3 Å². The molecule has 0 saturated carbocycles. The molecule has 15 heteroatoms. The maximum absolute atomic E-state index is 13.0. The van der Waals surface area contributed by atoms with Crippen molar-refractivity contribution in [3.63, 3.8) is 0 Å². The molecule has 0 aromatic carbocycles. The molecule has 15 nitrogen and oxygen atoms in total. The highest BCUT2D eigenvalue weighted by Crippen LogP contribution is 2.38. The minimum atomic E-state index is -2.15. The summed E-state index contributed by atoms with van der Waals surface area (Å²) in [4.78, 5) is 38.2. The van der Waals surface area contributed by atoms with Crippen molar-refractivity contribution in [2.24, 2.45) is 17.6 Å². The van der Waals surface area contributed by atoms with Gasteiger partial charge in [0, 0.05) is 38.5 Å². The van der Waals surface area contributed by atoms with Crippen molar-refractivity contribution in [3.8, 4) is 0 Å². The van der Waals surface area contributed by atoms with E-state index in [-0.39, 0.29) is 44.3 Å². The van der Waals surface area contributed by atoms with Gasteiger partial charge in [-0.1, -0.05) is 68.9 Å². The topological polar surface area (TPSA) is 256 Å². The van der Waals surface area contributed by atoms with Crippen LogP contribution in [0.25, 0.3) is 0 Å². The number of carbonyl (C=O) groups is 3. The number of ether oxygens (including phenoxy) is 4. The smallest absolute Gasteiger partial charge is 0.311 e. The second-order valence-corrected chi connectivity index (χ2v) is 14.7. The fraction of sp³-hybridized carbons (Fsp3) is 0.718. The molecule has 0 aromatic heterocycles. The van der Waals surface area contributed by atoms with E-state index in [1.54, 1.807) is 56.4 Å². The molecule has 3 rings (SSSR count). The van der Waals surface area contributed by atoms with Crippen molar-refractivity contribution < 1.29 is 69.1 Å². The van der Waals surface area contributed by atoms with Crippen molar-refractivity contribution in [3.05, 3.63) is 48.6 Å². The fourth-order valence-corrected chi connectivity index (χ4v) is 7.15. The van der Waals surface area contributed by atoms with Gasteiger partial charge in [-0.05, 0) is 32.6 Å². The standard InChI is InChI=1S/C39H61NO14/c1-4-14-26-17-11-9-7-6-8-10-12-18-27(53-38-35(46)33(40)34(45)23(3)51-38)20-31-32(36(47)48)30(44)22-39(50,54-31)21-25(42)16-13-15-24(41)19-29(43)28(5-2)37(49)52-26/h6-12,18,23,25-35,38,42-46,50H,4-5,13-17,19-22,40H2,1-3H3,(H,47,48)/b7-6+,10-8+,11-9+,18-12+/t23-,25+,26?,27+,28?,29-,30+,31+,32-,33+,34-,35+,38+,39-/m1/s1. The number of fused-ring (bicyclic) bond motifs is 2. The summed E-state index contributed by atoms with van der Waals surface area (Å²) in [6.07, 6.45) is 2.99. The van der Waals surface area contributed by atoms with Crippen LogP contribution in [-0.4, -0.2) is 127 Å². The normalized spacial score (nSPS) is 42.3. The zero-order chi connectivity index (χ0) is 40.0. The Morgan fingerprint density at radius 1 is 0.981 bits per heavy atom. The van der Waals surface area contributed by atoms with Crippen LogP contribution in [0.1, 0.15) is 91.4 Å². The number of Topliss-reactive ketones (excluding diaryl/α,β-unsaturated/α-hetero) is 1. The lowest BCUT2D eigenvalue weighted by Gasteiger charge is -2.45. The molecule has 0 aromatic rings. The molecule has 54 heavy (non-hydrogen) atoms. The van der Waals surface area contributed by atoms with Crippen LogP contribution in [0.2, 0.25) is 0 Å². The van der Waals surface area contributed by atoms with Crippen molar-refractivity contribution in [2.75, 3.05) is 0 Å². The van der Waals surface area contributed by atoms with Gasteiger partial charge in [-0.3, -0.25) is 14.4 Å². The molecule has 2 saturated heterocycles. The van der Waals surface area contributed by atoms with Crippen LogP contribution in [0, 0.1) is 11.8 Å². The van der Waals surface area contributed by atoms with Gasteiger partial charge in [0.05, 0.1) is 54.7 Å². The first-order chi connectivity index (χ1) is 25.6. The van der Waals surface area contributed by atoms with Crippen molar-refractivity contribution in [1.82, 2.24) is 0 Å². The van der Waals surface area contributed by atoms with Gasteiger partial charge < -0.3 is 60.4 Å². The zero-order valence-corrected chi connectivity index (χ0v) is 31.5. The van der Waals surface area contributed by atoms with Crippen LogP contribution in [0.15, 0.2) is 48.6 Å². The Morgan fingerprint density at radius 2 is 1.67 bits per heavy atom. The van der Waals surface area contributed by atoms with Crippen molar-refractivity contribution in [1.29, 1.82) is 0 Å². The number of aliphatic carboxylic acids is 1. The van der Waals surface area contributed by atoms with E-state index in [9.17, 15) is 50.1 Å². The first-order valence-corrected chi connectivity index (χ1v) is 19.1. The SMILES string of the molecule is CCCC1C/C=C/C=C/C=C/C=C/[C@H](O[C@@H]2O[C@H](C)[C@@H](O)[C@H](N)[C@@H]2O)C[C@@H]2O[C@](O)(C[C@@H](O)CCCC(=O)C[C@@H](O)C(CC)C(=O)O1)C[C@H](O)[C@H]2C(=O)O. The predicted octanol–water partition coefficient (Wildman–Crippen LogP) is 1.70. The molecule has 3 aliphatic heterocycles. The highest BCUT2D eigenvalue weighted by molar-refractivity contribution is 5.80. The van der Waals surface area contributed by atoms with Gasteiger partial charge in [0.25, 0.3) is 0 Å². The number of nitrogens with two attached hydrogens (primary N) is 1. The summed E-state index contributed by atoms with van der Waals surface area (Å²) in [5.41, 5.74) is 6.00. The number of cyclic esters (lactones) is 1. The predicted molar refractivity (Wildman–Crippen MR) is 195 cm³/mol. The lowest BCUT2D eigenvalue weighted by atomic mass is 9.83. The van der Waals surface area contributed by atoms with Crippen LogP contribution >= 0.6 is 0 Å². The lowest BCUT2D eigenvalue weighted by Crippen LogP contribution is -2.61. The van der Waals surface area contributed by atoms with Gasteiger partial charge in [-0.2, -0.15) is 0 Å². The summed E-state index contributed by atoms with van der Waals surface area (Å²) in [5.74, 6) is -6.81. The number of carbonyl (C=O) groups excluding carboxylic acids is 2. The van der Waals surface area contributed by atoms with E-state index in [0.29, 0.717) is 12.8 Å². The quantitative estimate of drug-likeness (QED) is 0.179. The van der Waals surface area contributed by atoms with E-state index in [4.69, 9.17) is 24.7 Å². The van der Waals surface area contributed by atoms with E-state index in [1.807, 2.05) is 13.0 Å². The number of carboxylic acids is 1. The van der Waals surface area contributed by atoms with Gasteiger partial charge in [0.1, 0.15) is 23.9 Å². The molecular formula is C39H61NO14. The van der Waals surface area contributed by atoms with Gasteiger partial charge in [0.2, 0.25) is 0 Å². The Kier molecular flexibility index (Phi) is 18.6. The average Bonchev–Trinajstić information content (AvgIpc) is 3.08. The molecule has 14 atom stereocenters. The van der Waals surface area contributed by atoms with Gasteiger partial charge in [-0.15, -0.1) is 0 Å². The number of allylic oxidation sites excluding steroid dienone is 6. The van der Waals surface area contributed by atoms with Gasteiger partial charge in [0.15, 0.2) is 12.1 Å². The highest BCUT2D eigenvalue weighted by Gasteiger charge is 2.50. The monoisotopic (exact) mass is 767 g/mol. The summed E-state index contributed by atoms with van der Waals surface area (Å²) in [6.45, 7) is 5.27. The maximum atomic E-state index is 13.0. The molecule has 3 aliphatic rings. The zero-order valence-electron chi connectivity index (χ0n) is 31.5.